The molecule has 2 aliphatic heterocycles. The van der Waals surface area contributed by atoms with Crippen molar-refractivity contribution in [1.82, 2.24) is 14.2 Å². The lowest BCUT2D eigenvalue weighted by Gasteiger charge is -2.39. The molecule has 3 heterocycles. The number of hydrogen-bond donors (Lipinski definition) is 1. The summed E-state index contributed by atoms with van der Waals surface area (Å²) in [6, 6.07) is 11.0. The zero-order valence-electron chi connectivity index (χ0n) is 23.5. The summed E-state index contributed by atoms with van der Waals surface area (Å²) in [7, 11) is 0.419. The number of anilines is 1. The summed E-state index contributed by atoms with van der Waals surface area (Å²) in [6.07, 6.45) is 2.02. The Bertz CT molecular complexity index is 1340. The minimum Gasteiger partial charge on any atom is -0.367 e. The van der Waals surface area contributed by atoms with E-state index in [2.05, 4.69) is 37.1 Å². The molecule has 12 heteroatoms. The van der Waals surface area contributed by atoms with Gasteiger partial charge in [-0.05, 0) is 52.8 Å². The van der Waals surface area contributed by atoms with Crippen LogP contribution in [0, 0.1) is 23.7 Å². The third-order valence-corrected chi connectivity index (χ3v) is 9.97. The molecule has 11 nitrogen and oxygen atoms in total. The highest BCUT2D eigenvalue weighted by atomic mass is 31.2. The second-order valence-corrected chi connectivity index (χ2v) is 12.8. The number of benzene rings is 1. The molecule has 2 bridgehead atoms. The van der Waals surface area contributed by atoms with E-state index in [1.807, 2.05) is 17.8 Å². The van der Waals surface area contributed by atoms with Crippen molar-refractivity contribution in [3.63, 3.8) is 0 Å². The van der Waals surface area contributed by atoms with Crippen LogP contribution in [-0.4, -0.2) is 64.2 Å². The molecule has 5 atom stereocenters. The van der Waals surface area contributed by atoms with Crippen molar-refractivity contribution in [2.75, 3.05) is 25.6 Å². The number of ether oxygens (including phenoxy) is 2. The number of nitrogens with one attached hydrogen (secondary N) is 1. The lowest BCUT2D eigenvalue weighted by Crippen LogP contribution is -2.49. The van der Waals surface area contributed by atoms with Crippen LogP contribution in [-0.2, 0) is 18.5 Å². The van der Waals surface area contributed by atoms with Gasteiger partial charge >= 0.3 is 5.69 Å². The van der Waals surface area contributed by atoms with E-state index in [0.717, 1.165) is 12.8 Å². The van der Waals surface area contributed by atoms with Crippen LogP contribution in [0.15, 0.2) is 41.3 Å². The molecule has 1 aromatic carbocycles. The van der Waals surface area contributed by atoms with E-state index in [0.29, 0.717) is 17.7 Å². The molecule has 1 N–H and O–H groups in total. The number of hydrogen-bond acceptors (Lipinski definition) is 9. The van der Waals surface area contributed by atoms with Crippen LogP contribution in [0.1, 0.15) is 62.2 Å². The SMILES string of the molecule is Cc1cn([C@@H]2O[C@@]3(C4(C)CC4)CO[C@H]2C3OP(OCCC#N)N(C)C(C)C)c(=O)nc1NC(=O)c1ccccc1. The molecule has 3 fully saturated rings. The Labute approximate surface area is 235 Å². The molecule has 1 aliphatic carbocycles. The van der Waals surface area contributed by atoms with Gasteiger partial charge in [-0.2, -0.15) is 10.2 Å². The first-order valence-corrected chi connectivity index (χ1v) is 14.7. The maximum Gasteiger partial charge on any atom is 0.351 e. The summed E-state index contributed by atoms with van der Waals surface area (Å²) in [5.74, 6) is -0.148. The van der Waals surface area contributed by atoms with Gasteiger partial charge in [0.15, 0.2) is 6.23 Å². The van der Waals surface area contributed by atoms with Crippen molar-refractivity contribution in [1.29, 1.82) is 5.26 Å². The molecule has 0 radical (unpaired) electrons. The fourth-order valence-corrected chi connectivity index (χ4v) is 6.70. The number of fused-ring (bicyclic) bond motifs is 2. The molecular formula is C28H36N5O6P. The topological polar surface area (TPSA) is 128 Å². The minimum atomic E-state index is -1.52. The van der Waals surface area contributed by atoms with Crippen LogP contribution >= 0.6 is 8.53 Å². The highest BCUT2D eigenvalue weighted by molar-refractivity contribution is 7.44. The molecule has 1 saturated carbocycles. The molecule has 2 aromatic rings. The number of rotatable bonds is 11. The first kappa shape index (κ1) is 28.8. The molecule has 2 unspecified atom stereocenters. The van der Waals surface area contributed by atoms with Gasteiger partial charge in [0, 0.05) is 28.8 Å². The van der Waals surface area contributed by atoms with Crippen LogP contribution in [0.4, 0.5) is 5.82 Å². The van der Waals surface area contributed by atoms with E-state index >= 15 is 0 Å². The molecular weight excluding hydrogens is 533 g/mol. The molecule has 0 spiro atoms. The standard InChI is InChI=1S/C28H36N5O6P/c1-18(2)32(5)40(37-15-9-14-29)39-22-21-25(38-28(22,17-36-21)27(4)12-13-27)33-16-19(3)23(31-26(33)35)30-24(34)20-10-7-6-8-11-20/h6-8,10-11,16,18,21-22,25H,9,12-13,15,17H2,1-5H3,(H,30,31,34,35)/t21-,22?,25+,28-,40?/m0/s1. The summed E-state index contributed by atoms with van der Waals surface area (Å²) >= 11 is 0. The first-order valence-electron chi connectivity index (χ1n) is 13.6. The molecule has 5 rings (SSSR count). The quantitative estimate of drug-likeness (QED) is 0.313. The van der Waals surface area contributed by atoms with Crippen molar-refractivity contribution in [3.05, 3.63) is 58.1 Å². The van der Waals surface area contributed by atoms with Crippen LogP contribution in [0.2, 0.25) is 0 Å². The Hall–Kier alpha value is -2.71. The van der Waals surface area contributed by atoms with Crippen molar-refractivity contribution in [2.45, 2.75) is 77.0 Å². The highest BCUT2D eigenvalue weighted by Crippen LogP contribution is 2.66. The van der Waals surface area contributed by atoms with Crippen molar-refractivity contribution < 1.29 is 23.3 Å². The Kier molecular flexibility index (Phi) is 8.13. The molecule has 2 saturated heterocycles. The minimum absolute atomic E-state index is 0.144. The average Bonchev–Trinajstić information content (AvgIpc) is 3.51. The summed E-state index contributed by atoms with van der Waals surface area (Å²) in [6.45, 7) is 8.66. The predicted molar refractivity (Wildman–Crippen MR) is 148 cm³/mol. The summed E-state index contributed by atoms with van der Waals surface area (Å²) in [4.78, 5) is 30.2. The van der Waals surface area contributed by atoms with Gasteiger partial charge in [0.2, 0.25) is 0 Å². The van der Waals surface area contributed by atoms with Crippen LogP contribution < -0.4 is 11.0 Å². The number of aromatic nitrogens is 2. The average molecular weight is 570 g/mol. The third kappa shape index (κ3) is 5.20. The normalized spacial score (nSPS) is 27.1. The van der Waals surface area contributed by atoms with Gasteiger partial charge in [-0.25, -0.2) is 9.46 Å². The van der Waals surface area contributed by atoms with Crippen LogP contribution in [0.25, 0.3) is 0 Å². The Morgan fingerprint density at radius 1 is 1.35 bits per heavy atom. The number of aryl methyl sites for hydroxylation is 1. The number of nitrogens with zero attached hydrogens (tertiary/aromatic N) is 4. The summed E-state index contributed by atoms with van der Waals surface area (Å²) < 4.78 is 29.2. The van der Waals surface area contributed by atoms with Crippen molar-refractivity contribution in [2.24, 2.45) is 5.41 Å². The molecule has 1 aromatic heterocycles. The molecule has 1 amide bonds. The van der Waals surface area contributed by atoms with E-state index < -0.39 is 38.3 Å². The highest BCUT2D eigenvalue weighted by Gasteiger charge is 2.73. The summed E-state index contributed by atoms with van der Waals surface area (Å²) in [5.41, 5.74) is -0.400. The van der Waals surface area contributed by atoms with Crippen LogP contribution in [0.3, 0.4) is 0 Å². The predicted octanol–water partition coefficient (Wildman–Crippen LogP) is 4.15. The van der Waals surface area contributed by atoms with E-state index in [1.54, 1.807) is 37.4 Å². The van der Waals surface area contributed by atoms with Crippen molar-refractivity contribution >= 4 is 20.3 Å². The maximum atomic E-state index is 13.3. The second kappa shape index (κ2) is 11.3. The second-order valence-electron chi connectivity index (χ2n) is 11.2. The van der Waals surface area contributed by atoms with Gasteiger partial charge in [-0.3, -0.25) is 9.36 Å². The van der Waals surface area contributed by atoms with E-state index in [4.69, 9.17) is 23.8 Å². The molecule has 40 heavy (non-hydrogen) atoms. The van der Waals surface area contributed by atoms with Gasteiger partial charge in [-0.15, -0.1) is 0 Å². The number of carbonyl (C=O) groups is 1. The van der Waals surface area contributed by atoms with Crippen LogP contribution in [0.5, 0.6) is 0 Å². The Balaban J connectivity index is 1.42. The Morgan fingerprint density at radius 3 is 2.73 bits per heavy atom. The summed E-state index contributed by atoms with van der Waals surface area (Å²) in [5, 5.41) is 11.8. The van der Waals surface area contributed by atoms with E-state index in [1.165, 1.54) is 4.57 Å². The fourth-order valence-electron chi connectivity index (χ4n) is 5.20. The fraction of sp³-hybridized carbons (Fsp3) is 0.571. The number of carbonyl (C=O) groups excluding carboxylic acids is 1. The van der Waals surface area contributed by atoms with Gasteiger partial charge in [0.05, 0.1) is 25.7 Å². The van der Waals surface area contributed by atoms with Gasteiger partial charge in [0.1, 0.15) is 23.6 Å². The van der Waals surface area contributed by atoms with Gasteiger partial charge in [0.25, 0.3) is 14.4 Å². The largest absolute Gasteiger partial charge is 0.367 e. The van der Waals surface area contributed by atoms with E-state index in [-0.39, 0.29) is 36.2 Å². The monoisotopic (exact) mass is 569 g/mol. The number of amides is 1. The van der Waals surface area contributed by atoms with E-state index in [9.17, 15) is 9.59 Å². The zero-order chi connectivity index (χ0) is 28.7. The molecule has 3 aliphatic rings. The smallest absolute Gasteiger partial charge is 0.351 e. The molecule has 214 valence electrons. The van der Waals surface area contributed by atoms with Gasteiger partial charge in [-0.1, -0.05) is 25.1 Å². The third-order valence-electron chi connectivity index (χ3n) is 8.18. The van der Waals surface area contributed by atoms with Crippen molar-refractivity contribution in [3.8, 4) is 6.07 Å². The maximum absolute atomic E-state index is 13.3. The zero-order valence-corrected chi connectivity index (χ0v) is 24.4. The first-order chi connectivity index (χ1) is 19.1. The van der Waals surface area contributed by atoms with Gasteiger partial charge < -0.3 is 23.8 Å². The lowest BCUT2D eigenvalue weighted by atomic mass is 9.83. The number of nitriles is 1. The lowest BCUT2D eigenvalue weighted by molar-refractivity contribution is -0.198. The Morgan fingerprint density at radius 2 is 2.08 bits per heavy atom.